The topological polar surface area (TPSA) is 80.9 Å². The Morgan fingerprint density at radius 2 is 1.46 bits per heavy atom. The molecule has 37 heavy (non-hydrogen) atoms. The van der Waals surface area contributed by atoms with Crippen molar-refractivity contribution >= 4 is 28.6 Å². The van der Waals surface area contributed by atoms with Crippen molar-refractivity contribution in [1.29, 1.82) is 0 Å². The number of aromatic nitrogens is 1. The highest BCUT2D eigenvalue weighted by Gasteiger charge is 2.17. The molecule has 5 rings (SSSR count). The van der Waals surface area contributed by atoms with Gasteiger partial charge >= 0.3 is 5.97 Å². The van der Waals surface area contributed by atoms with Crippen molar-refractivity contribution in [2.45, 2.75) is 6.92 Å². The number of aromatic hydroxyl groups is 1. The van der Waals surface area contributed by atoms with E-state index < -0.39 is 5.97 Å². The first kappa shape index (κ1) is 23.8. The Morgan fingerprint density at radius 1 is 0.838 bits per heavy atom. The van der Waals surface area contributed by atoms with Gasteiger partial charge in [0.2, 0.25) is 5.88 Å². The number of hydrogen-bond acceptors (Lipinski definition) is 5. The van der Waals surface area contributed by atoms with E-state index in [1.165, 1.54) is 10.8 Å². The third-order valence-corrected chi connectivity index (χ3v) is 6.07. The molecule has 1 N–H and O–H groups in total. The molecule has 0 unspecified atom stereocenters. The summed E-state index contributed by atoms with van der Waals surface area (Å²) in [7, 11) is 0. The molecule has 0 aliphatic heterocycles. The van der Waals surface area contributed by atoms with Crippen LogP contribution in [0.15, 0.2) is 113 Å². The second-order valence-corrected chi connectivity index (χ2v) is 8.33. The minimum Gasteiger partial charge on any atom is -0.494 e. The Balaban J connectivity index is 1.64. The third kappa shape index (κ3) is 4.65. The smallest absolute Gasteiger partial charge is 0.340 e. The first-order valence-corrected chi connectivity index (χ1v) is 11.9. The lowest BCUT2D eigenvalue weighted by Crippen LogP contribution is -2.20. The lowest BCUT2D eigenvalue weighted by atomic mass is 10.0. The van der Waals surface area contributed by atoms with Crippen LogP contribution >= 0.6 is 0 Å². The van der Waals surface area contributed by atoms with E-state index in [2.05, 4.69) is 4.99 Å². The molecule has 1 aromatic heterocycles. The summed E-state index contributed by atoms with van der Waals surface area (Å²) in [5, 5.41) is 12.3. The van der Waals surface area contributed by atoms with Crippen LogP contribution in [0.3, 0.4) is 0 Å². The molecule has 0 saturated heterocycles. The molecule has 4 aromatic carbocycles. The molecule has 6 heteroatoms. The van der Waals surface area contributed by atoms with E-state index in [1.54, 1.807) is 67.6 Å². The van der Waals surface area contributed by atoms with Gasteiger partial charge in [-0.2, -0.15) is 0 Å². The molecule has 5 aromatic rings. The summed E-state index contributed by atoms with van der Waals surface area (Å²) in [6, 6.07) is 31.2. The SMILES string of the molecule is CCOC(=O)c1ccccc1N=Cc1c(O)n(-c2ccc(-c3ccccc3)cc2)c(=O)c2ccccc12. The number of rotatable bonds is 6. The summed E-state index contributed by atoms with van der Waals surface area (Å²) in [6.45, 7) is 1.99. The van der Waals surface area contributed by atoms with E-state index in [-0.39, 0.29) is 18.0 Å². The van der Waals surface area contributed by atoms with Gasteiger partial charge < -0.3 is 9.84 Å². The van der Waals surface area contributed by atoms with Gasteiger partial charge in [-0.05, 0) is 48.4 Å². The maximum absolute atomic E-state index is 13.4. The van der Waals surface area contributed by atoms with Crippen molar-refractivity contribution in [1.82, 2.24) is 4.57 Å². The summed E-state index contributed by atoms with van der Waals surface area (Å²) in [5.74, 6) is -0.721. The summed E-state index contributed by atoms with van der Waals surface area (Å²) in [6.07, 6.45) is 1.48. The van der Waals surface area contributed by atoms with Crippen LogP contribution in [0.25, 0.3) is 27.6 Å². The van der Waals surface area contributed by atoms with E-state index in [1.807, 2.05) is 42.5 Å². The molecule has 0 aliphatic carbocycles. The lowest BCUT2D eigenvalue weighted by molar-refractivity contribution is 0.0527. The Morgan fingerprint density at radius 3 is 2.19 bits per heavy atom. The van der Waals surface area contributed by atoms with Gasteiger partial charge in [0, 0.05) is 17.0 Å². The maximum atomic E-state index is 13.4. The van der Waals surface area contributed by atoms with Gasteiger partial charge in [-0.1, -0.05) is 72.8 Å². The van der Waals surface area contributed by atoms with E-state index >= 15 is 0 Å². The van der Waals surface area contributed by atoms with Crippen molar-refractivity contribution in [2.24, 2.45) is 4.99 Å². The first-order chi connectivity index (χ1) is 18.1. The monoisotopic (exact) mass is 488 g/mol. The van der Waals surface area contributed by atoms with Crippen LogP contribution in [0.1, 0.15) is 22.8 Å². The molecule has 1 heterocycles. The number of fused-ring (bicyclic) bond motifs is 1. The maximum Gasteiger partial charge on any atom is 0.340 e. The zero-order valence-electron chi connectivity index (χ0n) is 20.2. The quantitative estimate of drug-likeness (QED) is 0.225. The minimum absolute atomic E-state index is 0.242. The Kier molecular flexibility index (Phi) is 6.64. The van der Waals surface area contributed by atoms with Gasteiger partial charge in [-0.25, -0.2) is 9.36 Å². The minimum atomic E-state index is -0.479. The number of ether oxygens (including phenoxy) is 1. The molecule has 0 bridgehead atoms. The second-order valence-electron chi connectivity index (χ2n) is 8.33. The number of nitrogens with zero attached hydrogens (tertiary/aromatic N) is 2. The molecule has 0 saturated carbocycles. The molecule has 0 radical (unpaired) electrons. The normalized spacial score (nSPS) is 11.2. The molecule has 0 amide bonds. The molecular formula is C31H24N2O4. The number of carbonyl (C=O) groups excluding carboxylic acids is 1. The summed E-state index contributed by atoms with van der Waals surface area (Å²) in [4.78, 5) is 30.3. The summed E-state index contributed by atoms with van der Waals surface area (Å²) >= 11 is 0. The molecule has 6 nitrogen and oxygen atoms in total. The van der Waals surface area contributed by atoms with Gasteiger partial charge in [-0.3, -0.25) is 9.79 Å². The Labute approximate surface area is 213 Å². The molecular weight excluding hydrogens is 464 g/mol. The van der Waals surface area contributed by atoms with Crippen molar-refractivity contribution in [3.63, 3.8) is 0 Å². The van der Waals surface area contributed by atoms with Crippen LogP contribution in [-0.2, 0) is 4.74 Å². The lowest BCUT2D eigenvalue weighted by Gasteiger charge is -2.14. The number of carbonyl (C=O) groups is 1. The van der Waals surface area contributed by atoms with Crippen molar-refractivity contribution < 1.29 is 14.6 Å². The summed E-state index contributed by atoms with van der Waals surface area (Å²) < 4.78 is 6.41. The molecule has 182 valence electrons. The number of hydrogen-bond donors (Lipinski definition) is 1. The van der Waals surface area contributed by atoms with E-state index in [0.29, 0.717) is 33.3 Å². The first-order valence-electron chi connectivity index (χ1n) is 11.9. The summed E-state index contributed by atoms with van der Waals surface area (Å²) in [5.41, 5.74) is 3.30. The second kappa shape index (κ2) is 10.3. The number of pyridine rings is 1. The van der Waals surface area contributed by atoms with Crippen molar-refractivity contribution in [2.75, 3.05) is 6.61 Å². The highest BCUT2D eigenvalue weighted by molar-refractivity contribution is 6.03. The average molecular weight is 489 g/mol. The predicted octanol–water partition coefficient (Wildman–Crippen LogP) is 6.29. The zero-order chi connectivity index (χ0) is 25.8. The van der Waals surface area contributed by atoms with Crippen LogP contribution in [0.5, 0.6) is 5.88 Å². The van der Waals surface area contributed by atoms with Gasteiger partial charge in [0.25, 0.3) is 5.56 Å². The van der Waals surface area contributed by atoms with Crippen LogP contribution < -0.4 is 5.56 Å². The fourth-order valence-corrected chi connectivity index (χ4v) is 4.26. The van der Waals surface area contributed by atoms with E-state index in [9.17, 15) is 14.7 Å². The number of benzene rings is 4. The van der Waals surface area contributed by atoms with Crippen molar-refractivity contribution in [3.05, 3.63) is 125 Å². The molecule has 0 fully saturated rings. The van der Waals surface area contributed by atoms with Gasteiger partial charge in [0.1, 0.15) is 0 Å². The van der Waals surface area contributed by atoms with Crippen LogP contribution in [0.4, 0.5) is 5.69 Å². The highest BCUT2D eigenvalue weighted by atomic mass is 16.5. The van der Waals surface area contributed by atoms with E-state index in [4.69, 9.17) is 4.74 Å². The fraction of sp³-hybridized carbons (Fsp3) is 0.0645. The number of aliphatic imine (C=N–C) groups is 1. The average Bonchev–Trinajstić information content (AvgIpc) is 2.94. The van der Waals surface area contributed by atoms with Gasteiger partial charge in [0.05, 0.1) is 29.1 Å². The van der Waals surface area contributed by atoms with Crippen LogP contribution in [0.2, 0.25) is 0 Å². The van der Waals surface area contributed by atoms with E-state index in [0.717, 1.165) is 11.1 Å². The Hall–Kier alpha value is -4.97. The number of para-hydroxylation sites is 1. The zero-order valence-corrected chi connectivity index (χ0v) is 20.2. The fourth-order valence-electron chi connectivity index (χ4n) is 4.26. The molecule has 0 atom stereocenters. The standard InChI is InChI=1S/C31H24N2O4/c1-2-37-31(36)26-14-8-9-15-28(26)32-20-27-24-12-6-7-13-25(24)29(34)33(30(27)35)23-18-16-22(17-19-23)21-10-4-3-5-11-21/h3-20,35H,2H2,1H3. The van der Waals surface area contributed by atoms with Gasteiger partial charge in [-0.15, -0.1) is 0 Å². The van der Waals surface area contributed by atoms with Crippen molar-refractivity contribution in [3.8, 4) is 22.7 Å². The van der Waals surface area contributed by atoms with Gasteiger partial charge in [0.15, 0.2) is 0 Å². The van der Waals surface area contributed by atoms with Crippen LogP contribution in [-0.4, -0.2) is 28.5 Å². The predicted molar refractivity (Wildman–Crippen MR) is 146 cm³/mol. The molecule has 0 spiro atoms. The Bertz CT molecular complexity index is 1670. The number of esters is 1. The molecule has 0 aliphatic rings. The largest absolute Gasteiger partial charge is 0.494 e. The van der Waals surface area contributed by atoms with Crippen LogP contribution in [0, 0.1) is 0 Å². The third-order valence-electron chi connectivity index (χ3n) is 6.07. The highest BCUT2D eigenvalue weighted by Crippen LogP contribution is 2.28.